The van der Waals surface area contributed by atoms with Crippen LogP contribution in [0.15, 0.2) is 46.9 Å². The van der Waals surface area contributed by atoms with Crippen LogP contribution in [0.3, 0.4) is 0 Å². The van der Waals surface area contributed by atoms with Crippen LogP contribution in [-0.2, 0) is 16.0 Å². The first-order chi connectivity index (χ1) is 17.5. The van der Waals surface area contributed by atoms with E-state index in [0.717, 1.165) is 55.7 Å². The van der Waals surface area contributed by atoms with Crippen LogP contribution in [0, 0.1) is 0 Å². The number of ether oxygens (including phenoxy) is 1. The molecule has 0 saturated carbocycles. The first kappa shape index (κ1) is 26.4. The molecule has 192 valence electrons. The molecule has 0 aliphatic carbocycles. The summed E-state index contributed by atoms with van der Waals surface area (Å²) in [7, 11) is 2.18. The fourth-order valence-electron chi connectivity index (χ4n) is 5.13. The zero-order valence-corrected chi connectivity index (χ0v) is 22.9. The summed E-state index contributed by atoms with van der Waals surface area (Å²) in [5.41, 5.74) is 5.88. The van der Waals surface area contributed by atoms with Gasteiger partial charge in [0.25, 0.3) is 12.4 Å². The first-order valence-electron chi connectivity index (χ1n) is 12.6. The fraction of sp³-hybridized carbons (Fsp3) is 0.429. The monoisotopic (exact) mass is 554 g/mol. The Morgan fingerprint density at radius 1 is 1.08 bits per heavy atom. The van der Waals surface area contributed by atoms with Crippen molar-refractivity contribution in [3.8, 4) is 0 Å². The highest BCUT2D eigenvalue weighted by Crippen LogP contribution is 2.38. The third kappa shape index (κ3) is 5.66. The Morgan fingerprint density at radius 2 is 1.81 bits per heavy atom. The molecule has 7 nitrogen and oxygen atoms in total. The summed E-state index contributed by atoms with van der Waals surface area (Å²) in [6.45, 7) is 10.5. The number of H-pyrrole nitrogens is 1. The predicted molar refractivity (Wildman–Crippen MR) is 146 cm³/mol. The summed E-state index contributed by atoms with van der Waals surface area (Å²) in [5, 5.41) is 1.31. The van der Waals surface area contributed by atoms with Gasteiger partial charge in [0.15, 0.2) is 0 Å². The largest absolute Gasteiger partial charge is 0.468 e. The van der Waals surface area contributed by atoms with Gasteiger partial charge in [0.2, 0.25) is 0 Å². The number of carbonyl (C=O) groups excluding carboxylic acids is 2. The number of benzene rings is 2. The minimum atomic E-state index is 0.149. The number of aromatic amines is 1. The van der Waals surface area contributed by atoms with E-state index in [9.17, 15) is 9.59 Å². The molecule has 0 radical (unpaired) electrons. The minimum Gasteiger partial charge on any atom is -0.468 e. The number of carbonyl (C=O) groups is 2. The van der Waals surface area contributed by atoms with Crippen molar-refractivity contribution in [1.29, 1.82) is 0 Å². The van der Waals surface area contributed by atoms with E-state index >= 15 is 0 Å². The second kappa shape index (κ2) is 12.0. The maximum atomic E-state index is 13.0. The number of nitrogens with one attached hydrogen (secondary N) is 1. The summed E-state index contributed by atoms with van der Waals surface area (Å²) in [6, 6.07) is 14.9. The molecule has 1 atom stereocenters. The maximum Gasteiger partial charge on any atom is 0.293 e. The normalized spacial score (nSPS) is 18.3. The van der Waals surface area contributed by atoms with Crippen LogP contribution in [0.5, 0.6) is 0 Å². The average molecular weight is 556 g/mol. The van der Waals surface area contributed by atoms with Crippen molar-refractivity contribution >= 4 is 39.2 Å². The number of halogens is 1. The third-order valence-electron chi connectivity index (χ3n) is 7.14. The van der Waals surface area contributed by atoms with Crippen LogP contribution < -0.4 is 0 Å². The van der Waals surface area contributed by atoms with E-state index in [1.54, 1.807) is 6.92 Å². The maximum absolute atomic E-state index is 13.0. The van der Waals surface area contributed by atoms with Gasteiger partial charge in [-0.25, -0.2) is 0 Å². The van der Waals surface area contributed by atoms with E-state index in [4.69, 9.17) is 0 Å². The van der Waals surface area contributed by atoms with Gasteiger partial charge in [-0.1, -0.05) is 35.0 Å². The Bertz CT molecular complexity index is 1190. The Morgan fingerprint density at radius 3 is 2.42 bits per heavy atom. The molecular formula is C28H35BrN4O3. The molecule has 1 N–H and O–H groups in total. The summed E-state index contributed by atoms with van der Waals surface area (Å²) < 4.78 is 5.26. The number of amides is 1. The smallest absolute Gasteiger partial charge is 0.293 e. The minimum absolute atomic E-state index is 0.149. The topological polar surface area (TPSA) is 68.9 Å². The lowest BCUT2D eigenvalue weighted by Crippen LogP contribution is -2.48. The quantitative estimate of drug-likeness (QED) is 0.471. The number of rotatable bonds is 5. The number of fused-ring (bicyclic) bond motifs is 3. The molecule has 1 saturated heterocycles. The summed E-state index contributed by atoms with van der Waals surface area (Å²) in [6.07, 6.45) is 1.04. The Kier molecular flexibility index (Phi) is 8.82. The molecule has 1 unspecified atom stereocenters. The first-order valence-corrected chi connectivity index (χ1v) is 13.4. The molecule has 5 rings (SSSR count). The lowest BCUT2D eigenvalue weighted by Gasteiger charge is -2.34. The molecular weight excluding hydrogens is 520 g/mol. The van der Waals surface area contributed by atoms with E-state index in [1.807, 2.05) is 17.0 Å². The Labute approximate surface area is 221 Å². The van der Waals surface area contributed by atoms with Gasteiger partial charge in [-0.3, -0.25) is 14.5 Å². The Balaban J connectivity index is 0.000000556. The second-order valence-electron chi connectivity index (χ2n) is 9.24. The number of hydrogen-bond acceptors (Lipinski definition) is 5. The van der Waals surface area contributed by atoms with Crippen LogP contribution in [0.1, 0.15) is 47.1 Å². The SMILES string of the molecule is CCN1CCN(C(=O)c2ccc(C3c4[nH]c5ccc(Br)cc5c4CCN3C)cc2)CC1.CCOC=O. The van der Waals surface area contributed by atoms with Gasteiger partial charge in [0, 0.05) is 59.4 Å². The van der Waals surface area contributed by atoms with Crippen molar-refractivity contribution < 1.29 is 14.3 Å². The average Bonchev–Trinajstić information content (AvgIpc) is 3.27. The van der Waals surface area contributed by atoms with Gasteiger partial charge in [-0.2, -0.15) is 0 Å². The molecule has 3 aromatic rings. The molecule has 2 aliphatic rings. The van der Waals surface area contributed by atoms with Crippen molar-refractivity contribution in [2.45, 2.75) is 26.3 Å². The van der Waals surface area contributed by atoms with Crippen molar-refractivity contribution in [3.05, 3.63) is 69.3 Å². The molecule has 2 aliphatic heterocycles. The van der Waals surface area contributed by atoms with Crippen molar-refractivity contribution in [2.75, 3.05) is 52.9 Å². The highest BCUT2D eigenvalue weighted by atomic mass is 79.9. The van der Waals surface area contributed by atoms with Gasteiger partial charge in [-0.05, 0) is 68.4 Å². The van der Waals surface area contributed by atoms with Crippen LogP contribution in [0.2, 0.25) is 0 Å². The van der Waals surface area contributed by atoms with Gasteiger partial charge in [-0.15, -0.1) is 0 Å². The number of nitrogens with zero attached hydrogens (tertiary/aromatic N) is 3. The zero-order chi connectivity index (χ0) is 25.7. The van der Waals surface area contributed by atoms with Crippen molar-refractivity contribution in [2.24, 2.45) is 0 Å². The molecule has 2 aromatic carbocycles. The molecule has 1 amide bonds. The fourth-order valence-corrected chi connectivity index (χ4v) is 5.49. The number of likely N-dealkylation sites (N-methyl/N-ethyl adjacent to an activating group) is 2. The van der Waals surface area contributed by atoms with E-state index in [2.05, 4.69) is 79.8 Å². The van der Waals surface area contributed by atoms with E-state index in [-0.39, 0.29) is 11.9 Å². The van der Waals surface area contributed by atoms with Crippen LogP contribution in [0.25, 0.3) is 10.9 Å². The molecule has 8 heteroatoms. The van der Waals surface area contributed by atoms with E-state index < -0.39 is 0 Å². The standard InChI is InChI=1S/C25H29BrN4O.C3H6O2/c1-3-29-12-14-30(15-13-29)25(31)18-6-4-17(5-7-18)24-23-20(10-11-28(24)2)21-16-19(26)8-9-22(21)27-23;1-2-5-3-4/h4-9,16,24,27H,3,10-15H2,1-2H3;3H,2H2,1H3. The summed E-state index contributed by atoms with van der Waals surface area (Å²) >= 11 is 3.62. The Hall–Kier alpha value is -2.68. The second-order valence-corrected chi connectivity index (χ2v) is 10.2. The lowest BCUT2D eigenvalue weighted by molar-refractivity contribution is -0.128. The number of hydrogen-bond donors (Lipinski definition) is 1. The molecule has 0 bridgehead atoms. The van der Waals surface area contributed by atoms with Crippen LogP contribution in [0.4, 0.5) is 0 Å². The van der Waals surface area contributed by atoms with Crippen LogP contribution >= 0.6 is 15.9 Å². The van der Waals surface area contributed by atoms with Gasteiger partial charge in [0.1, 0.15) is 0 Å². The van der Waals surface area contributed by atoms with E-state index in [0.29, 0.717) is 13.1 Å². The zero-order valence-electron chi connectivity index (χ0n) is 21.3. The van der Waals surface area contributed by atoms with Gasteiger partial charge >= 0.3 is 0 Å². The summed E-state index contributed by atoms with van der Waals surface area (Å²) in [4.78, 5) is 32.6. The lowest BCUT2D eigenvalue weighted by atomic mass is 9.92. The van der Waals surface area contributed by atoms with Crippen molar-refractivity contribution in [1.82, 2.24) is 19.7 Å². The summed E-state index contributed by atoms with van der Waals surface area (Å²) in [5.74, 6) is 0.149. The molecule has 1 fully saturated rings. The molecule has 0 spiro atoms. The number of aromatic nitrogens is 1. The molecule has 3 heterocycles. The van der Waals surface area contributed by atoms with Crippen LogP contribution in [-0.4, -0.2) is 85.0 Å². The highest BCUT2D eigenvalue weighted by molar-refractivity contribution is 9.10. The molecule has 36 heavy (non-hydrogen) atoms. The highest BCUT2D eigenvalue weighted by Gasteiger charge is 2.30. The van der Waals surface area contributed by atoms with Gasteiger partial charge < -0.3 is 19.5 Å². The van der Waals surface area contributed by atoms with Crippen molar-refractivity contribution in [3.63, 3.8) is 0 Å². The predicted octanol–water partition coefficient (Wildman–Crippen LogP) is 4.46. The molecule has 1 aromatic heterocycles. The van der Waals surface area contributed by atoms with Gasteiger partial charge in [0.05, 0.1) is 12.6 Å². The third-order valence-corrected chi connectivity index (χ3v) is 7.64. The number of piperazine rings is 1. The van der Waals surface area contributed by atoms with E-state index in [1.165, 1.54) is 27.7 Å².